The summed E-state index contributed by atoms with van der Waals surface area (Å²) in [7, 11) is 0. The van der Waals surface area contributed by atoms with E-state index in [4.69, 9.17) is 9.47 Å². The maximum atomic E-state index is 6.03. The predicted molar refractivity (Wildman–Crippen MR) is 52.0 cm³/mol. The van der Waals surface area contributed by atoms with Crippen molar-refractivity contribution in [2.75, 3.05) is 39.5 Å². The van der Waals surface area contributed by atoms with Crippen LogP contribution in [-0.2, 0) is 9.47 Å². The van der Waals surface area contributed by atoms with Crippen molar-refractivity contribution in [3.63, 3.8) is 0 Å². The molecule has 0 bridgehead atoms. The van der Waals surface area contributed by atoms with Gasteiger partial charge in [0.1, 0.15) is 5.72 Å². The van der Waals surface area contributed by atoms with Gasteiger partial charge in [0.05, 0.1) is 25.2 Å². The highest BCUT2D eigenvalue weighted by molar-refractivity contribution is 4.97. The van der Waals surface area contributed by atoms with Gasteiger partial charge >= 0.3 is 0 Å². The molecule has 2 N–H and O–H groups in total. The number of nitrogens with one attached hydrogen (secondary N) is 2. The van der Waals surface area contributed by atoms with E-state index in [0.717, 1.165) is 52.3 Å². The van der Waals surface area contributed by atoms with Crippen molar-refractivity contribution in [1.82, 2.24) is 10.6 Å². The van der Waals surface area contributed by atoms with Gasteiger partial charge in [0.2, 0.25) is 0 Å². The van der Waals surface area contributed by atoms with Crippen LogP contribution in [0.4, 0.5) is 0 Å². The molecule has 2 spiro atoms. The van der Waals surface area contributed by atoms with Gasteiger partial charge in [0.25, 0.3) is 0 Å². The van der Waals surface area contributed by atoms with E-state index >= 15 is 0 Å². The molecule has 0 aromatic carbocycles. The van der Waals surface area contributed by atoms with E-state index in [-0.39, 0.29) is 5.72 Å². The van der Waals surface area contributed by atoms with Gasteiger partial charge in [-0.1, -0.05) is 0 Å². The van der Waals surface area contributed by atoms with Crippen molar-refractivity contribution >= 4 is 0 Å². The lowest BCUT2D eigenvalue weighted by Crippen LogP contribution is -2.66. The van der Waals surface area contributed by atoms with E-state index in [1.54, 1.807) is 0 Å². The van der Waals surface area contributed by atoms with Crippen LogP contribution in [0.2, 0.25) is 0 Å². The van der Waals surface area contributed by atoms with Crippen LogP contribution in [0.3, 0.4) is 0 Å². The molecule has 4 nitrogen and oxygen atoms in total. The molecule has 0 aromatic heterocycles. The first-order valence-electron chi connectivity index (χ1n) is 5.50. The molecule has 0 aromatic rings. The summed E-state index contributed by atoms with van der Waals surface area (Å²) in [4.78, 5) is 0. The molecule has 3 aliphatic rings. The molecule has 4 heteroatoms. The molecule has 3 fully saturated rings. The zero-order chi connectivity index (χ0) is 9.49. The Balaban J connectivity index is 1.63. The van der Waals surface area contributed by atoms with Gasteiger partial charge in [0.15, 0.2) is 0 Å². The SMILES string of the molecule is C1CC2(CCN1)NCC1(COC1)CO2. The molecule has 80 valence electrons. The molecule has 3 aliphatic heterocycles. The summed E-state index contributed by atoms with van der Waals surface area (Å²) in [6.07, 6.45) is 2.17. The summed E-state index contributed by atoms with van der Waals surface area (Å²) in [5.74, 6) is 0. The van der Waals surface area contributed by atoms with Gasteiger partial charge in [-0.25, -0.2) is 0 Å². The third-order valence-corrected chi connectivity index (χ3v) is 3.67. The van der Waals surface area contributed by atoms with E-state index in [1.807, 2.05) is 0 Å². The maximum Gasteiger partial charge on any atom is 0.121 e. The monoisotopic (exact) mass is 198 g/mol. The molecular formula is C10H18N2O2. The summed E-state index contributed by atoms with van der Waals surface area (Å²) in [6.45, 7) is 5.81. The zero-order valence-electron chi connectivity index (χ0n) is 8.47. The standard InChI is InChI=1S/C10H18N2O2/c1-3-11-4-2-10(1)12-5-9(8-14-10)6-13-7-9/h11-12H,1-8H2. The second-order valence-corrected chi connectivity index (χ2v) is 4.88. The van der Waals surface area contributed by atoms with Gasteiger partial charge in [-0.15, -0.1) is 0 Å². The summed E-state index contributed by atoms with van der Waals surface area (Å²) in [5, 5.41) is 6.95. The first-order valence-corrected chi connectivity index (χ1v) is 5.50. The third kappa shape index (κ3) is 1.37. The van der Waals surface area contributed by atoms with Crippen LogP contribution in [0.25, 0.3) is 0 Å². The maximum absolute atomic E-state index is 6.03. The Kier molecular flexibility index (Phi) is 2.06. The minimum absolute atomic E-state index is 0.0217. The molecular weight excluding hydrogens is 180 g/mol. The molecule has 3 saturated heterocycles. The van der Waals surface area contributed by atoms with Crippen LogP contribution in [-0.4, -0.2) is 45.2 Å². The second-order valence-electron chi connectivity index (χ2n) is 4.88. The van der Waals surface area contributed by atoms with Crippen LogP contribution in [0.15, 0.2) is 0 Å². The molecule has 3 heterocycles. The van der Waals surface area contributed by atoms with Gasteiger partial charge in [-0.2, -0.15) is 0 Å². The van der Waals surface area contributed by atoms with Crippen molar-refractivity contribution in [3.8, 4) is 0 Å². The average molecular weight is 198 g/mol. The highest BCUT2D eigenvalue weighted by atomic mass is 16.5. The Morgan fingerprint density at radius 1 is 1.00 bits per heavy atom. The Labute approximate surface area is 84.3 Å². The minimum atomic E-state index is -0.0217. The first-order chi connectivity index (χ1) is 6.83. The molecule has 0 amide bonds. The average Bonchev–Trinajstić information content (AvgIpc) is 2.18. The largest absolute Gasteiger partial charge is 0.380 e. The Morgan fingerprint density at radius 3 is 2.29 bits per heavy atom. The predicted octanol–water partition coefficient (Wildman–Crippen LogP) is -0.297. The second kappa shape index (κ2) is 3.17. The van der Waals surface area contributed by atoms with E-state index in [2.05, 4.69) is 10.6 Å². The molecule has 0 saturated carbocycles. The van der Waals surface area contributed by atoms with Gasteiger partial charge in [-0.05, 0) is 13.1 Å². The molecule has 0 radical (unpaired) electrons. The smallest absolute Gasteiger partial charge is 0.121 e. The molecule has 0 atom stereocenters. The highest BCUT2D eigenvalue weighted by Crippen LogP contribution is 2.35. The number of rotatable bonds is 0. The lowest BCUT2D eigenvalue weighted by atomic mass is 9.83. The van der Waals surface area contributed by atoms with Gasteiger partial charge in [0, 0.05) is 19.4 Å². The Morgan fingerprint density at radius 2 is 1.79 bits per heavy atom. The van der Waals surface area contributed by atoms with Crippen molar-refractivity contribution in [2.24, 2.45) is 5.41 Å². The molecule has 3 rings (SSSR count). The van der Waals surface area contributed by atoms with Gasteiger partial charge < -0.3 is 14.8 Å². The lowest BCUT2D eigenvalue weighted by Gasteiger charge is -2.52. The van der Waals surface area contributed by atoms with Crippen LogP contribution < -0.4 is 10.6 Å². The fourth-order valence-corrected chi connectivity index (χ4v) is 2.47. The van der Waals surface area contributed by atoms with Crippen molar-refractivity contribution in [2.45, 2.75) is 18.6 Å². The lowest BCUT2D eigenvalue weighted by molar-refractivity contribution is -0.227. The molecule has 14 heavy (non-hydrogen) atoms. The number of hydrogen-bond acceptors (Lipinski definition) is 4. The van der Waals surface area contributed by atoms with Crippen molar-refractivity contribution in [3.05, 3.63) is 0 Å². The summed E-state index contributed by atoms with van der Waals surface area (Å²) in [6, 6.07) is 0. The van der Waals surface area contributed by atoms with Crippen LogP contribution in [0, 0.1) is 5.41 Å². The van der Waals surface area contributed by atoms with Crippen molar-refractivity contribution in [1.29, 1.82) is 0 Å². The fourth-order valence-electron chi connectivity index (χ4n) is 2.47. The summed E-state index contributed by atoms with van der Waals surface area (Å²) in [5.41, 5.74) is 0.280. The first kappa shape index (κ1) is 9.09. The fraction of sp³-hybridized carbons (Fsp3) is 1.00. The number of hydrogen-bond donors (Lipinski definition) is 2. The van der Waals surface area contributed by atoms with E-state index < -0.39 is 0 Å². The Hall–Kier alpha value is -0.160. The summed E-state index contributed by atoms with van der Waals surface area (Å²) >= 11 is 0. The topological polar surface area (TPSA) is 42.5 Å². The zero-order valence-corrected chi connectivity index (χ0v) is 8.47. The van der Waals surface area contributed by atoms with Crippen LogP contribution >= 0.6 is 0 Å². The summed E-state index contributed by atoms with van der Waals surface area (Å²) < 4.78 is 11.3. The normalized spacial score (nSPS) is 34.3. The van der Waals surface area contributed by atoms with Crippen molar-refractivity contribution < 1.29 is 9.47 Å². The van der Waals surface area contributed by atoms with Crippen LogP contribution in [0.5, 0.6) is 0 Å². The van der Waals surface area contributed by atoms with E-state index in [0.29, 0.717) is 5.41 Å². The number of piperidine rings is 1. The van der Waals surface area contributed by atoms with Crippen LogP contribution in [0.1, 0.15) is 12.8 Å². The number of ether oxygens (including phenoxy) is 2. The molecule has 0 unspecified atom stereocenters. The van der Waals surface area contributed by atoms with E-state index in [1.165, 1.54) is 0 Å². The quantitative estimate of drug-likeness (QED) is 0.561. The highest BCUT2D eigenvalue weighted by Gasteiger charge is 2.47. The molecule has 0 aliphatic carbocycles. The third-order valence-electron chi connectivity index (χ3n) is 3.67. The Bertz CT molecular complexity index is 210. The van der Waals surface area contributed by atoms with E-state index in [9.17, 15) is 0 Å². The van der Waals surface area contributed by atoms with Gasteiger partial charge in [-0.3, -0.25) is 5.32 Å². The minimum Gasteiger partial charge on any atom is -0.380 e.